The number of hydrogen-bond donors (Lipinski definition) is 1. The zero-order valence-electron chi connectivity index (χ0n) is 15.0. The maximum absolute atomic E-state index is 3.55. The molecule has 3 heteroatoms. The zero-order chi connectivity index (χ0) is 15.5. The number of likely N-dealkylation sites (tertiary alicyclic amines) is 1. The molecular weight excluding hydrogens is 258 g/mol. The second-order valence-electron chi connectivity index (χ2n) is 8.66. The van der Waals surface area contributed by atoms with Crippen molar-refractivity contribution in [2.24, 2.45) is 17.3 Å². The molecule has 0 aromatic heterocycles. The van der Waals surface area contributed by atoms with Crippen molar-refractivity contribution in [2.45, 2.75) is 66.3 Å². The Morgan fingerprint density at radius 1 is 0.952 bits per heavy atom. The van der Waals surface area contributed by atoms with Crippen LogP contribution in [0.25, 0.3) is 0 Å². The van der Waals surface area contributed by atoms with Gasteiger partial charge >= 0.3 is 0 Å². The average molecular weight is 296 g/mol. The summed E-state index contributed by atoms with van der Waals surface area (Å²) in [6.07, 6.45) is 5.52. The van der Waals surface area contributed by atoms with Crippen LogP contribution in [0.5, 0.6) is 0 Å². The van der Waals surface area contributed by atoms with Crippen LogP contribution in [0.1, 0.15) is 60.3 Å². The predicted molar refractivity (Wildman–Crippen MR) is 91.2 cm³/mol. The summed E-state index contributed by atoms with van der Waals surface area (Å²) >= 11 is 0. The number of hydrogen-bond acceptors (Lipinski definition) is 3. The lowest BCUT2D eigenvalue weighted by Crippen LogP contribution is -2.48. The molecule has 0 aromatic rings. The number of hydrazine groups is 1. The highest BCUT2D eigenvalue weighted by atomic mass is 15.5. The molecule has 2 rings (SSSR count). The fourth-order valence-electron chi connectivity index (χ4n) is 3.96. The Bertz CT molecular complexity index is 292. The second-order valence-corrected chi connectivity index (χ2v) is 8.66. The van der Waals surface area contributed by atoms with E-state index in [4.69, 9.17) is 0 Å². The van der Waals surface area contributed by atoms with E-state index >= 15 is 0 Å². The molecule has 2 saturated heterocycles. The summed E-state index contributed by atoms with van der Waals surface area (Å²) < 4.78 is 0. The van der Waals surface area contributed by atoms with Crippen LogP contribution in [-0.4, -0.2) is 48.7 Å². The van der Waals surface area contributed by atoms with Crippen LogP contribution in [0.2, 0.25) is 0 Å². The standard InChI is InChI=1S/C18H37N3/c1-15(2)19-21-12-6-16(7-13-21)14-20-10-8-17(9-11-20)18(3,4)5/h15-17,19H,6-14H2,1-5H3. The fraction of sp³-hybridized carbons (Fsp3) is 1.00. The van der Waals surface area contributed by atoms with Crippen molar-refractivity contribution in [1.82, 2.24) is 15.3 Å². The Hall–Kier alpha value is -0.120. The SMILES string of the molecule is CC(C)NN1CCC(CN2CCC(C(C)(C)C)CC2)CC1. The highest BCUT2D eigenvalue weighted by molar-refractivity contribution is 4.82. The van der Waals surface area contributed by atoms with Crippen molar-refractivity contribution in [3.63, 3.8) is 0 Å². The van der Waals surface area contributed by atoms with Crippen LogP contribution in [0.15, 0.2) is 0 Å². The van der Waals surface area contributed by atoms with Crippen LogP contribution in [-0.2, 0) is 0 Å². The summed E-state index contributed by atoms with van der Waals surface area (Å²) in [7, 11) is 0. The molecule has 2 heterocycles. The third-order valence-corrected chi connectivity index (χ3v) is 5.38. The van der Waals surface area contributed by atoms with Crippen molar-refractivity contribution >= 4 is 0 Å². The van der Waals surface area contributed by atoms with Crippen molar-refractivity contribution in [1.29, 1.82) is 0 Å². The zero-order valence-corrected chi connectivity index (χ0v) is 15.0. The summed E-state index contributed by atoms with van der Waals surface area (Å²) in [4.78, 5) is 2.73. The molecule has 2 aliphatic heterocycles. The lowest BCUT2D eigenvalue weighted by molar-refractivity contribution is 0.0678. The van der Waals surface area contributed by atoms with Gasteiger partial charge in [-0.25, -0.2) is 5.01 Å². The Morgan fingerprint density at radius 2 is 1.52 bits per heavy atom. The summed E-state index contributed by atoms with van der Waals surface area (Å²) in [5.41, 5.74) is 4.05. The normalized spacial score (nSPS) is 24.9. The molecule has 1 N–H and O–H groups in total. The van der Waals surface area contributed by atoms with Crippen LogP contribution in [0.3, 0.4) is 0 Å². The van der Waals surface area contributed by atoms with Gasteiger partial charge in [0.25, 0.3) is 0 Å². The lowest BCUT2D eigenvalue weighted by Gasteiger charge is -2.41. The van der Waals surface area contributed by atoms with E-state index in [-0.39, 0.29) is 0 Å². The first-order valence-corrected chi connectivity index (χ1v) is 9.08. The Balaban J connectivity index is 1.66. The van der Waals surface area contributed by atoms with Crippen LogP contribution in [0, 0.1) is 17.3 Å². The average Bonchev–Trinajstić information content (AvgIpc) is 2.40. The van der Waals surface area contributed by atoms with Gasteiger partial charge in [-0.1, -0.05) is 20.8 Å². The highest BCUT2D eigenvalue weighted by Crippen LogP contribution is 2.34. The van der Waals surface area contributed by atoms with E-state index in [0.717, 1.165) is 11.8 Å². The minimum Gasteiger partial charge on any atom is -0.303 e. The van der Waals surface area contributed by atoms with Gasteiger partial charge in [-0.05, 0) is 69.9 Å². The Labute approximate surface area is 132 Å². The maximum atomic E-state index is 3.55. The molecular formula is C18H37N3. The van der Waals surface area contributed by atoms with Gasteiger partial charge in [0.2, 0.25) is 0 Å². The van der Waals surface area contributed by atoms with E-state index in [0.29, 0.717) is 11.5 Å². The van der Waals surface area contributed by atoms with Gasteiger partial charge < -0.3 is 4.90 Å². The number of nitrogens with one attached hydrogen (secondary N) is 1. The first-order valence-electron chi connectivity index (χ1n) is 9.08. The van der Waals surface area contributed by atoms with Crippen LogP contribution in [0.4, 0.5) is 0 Å². The number of nitrogens with zero attached hydrogens (tertiary/aromatic N) is 2. The minimum absolute atomic E-state index is 0.500. The molecule has 0 amide bonds. The largest absolute Gasteiger partial charge is 0.303 e. The van der Waals surface area contributed by atoms with Crippen molar-refractivity contribution < 1.29 is 0 Å². The van der Waals surface area contributed by atoms with E-state index in [9.17, 15) is 0 Å². The minimum atomic E-state index is 0.500. The van der Waals surface area contributed by atoms with Gasteiger partial charge in [-0.2, -0.15) is 0 Å². The van der Waals surface area contributed by atoms with Crippen LogP contribution < -0.4 is 5.43 Å². The molecule has 21 heavy (non-hydrogen) atoms. The molecule has 0 radical (unpaired) electrons. The second kappa shape index (κ2) is 7.43. The van der Waals surface area contributed by atoms with Crippen molar-refractivity contribution in [3.8, 4) is 0 Å². The van der Waals surface area contributed by atoms with Crippen molar-refractivity contribution in [2.75, 3.05) is 32.7 Å². The summed E-state index contributed by atoms with van der Waals surface area (Å²) in [6, 6.07) is 0.568. The molecule has 124 valence electrons. The summed E-state index contributed by atoms with van der Waals surface area (Å²) in [6.45, 7) is 18.1. The smallest absolute Gasteiger partial charge is 0.0158 e. The third kappa shape index (κ3) is 5.54. The van der Waals surface area contributed by atoms with Gasteiger partial charge in [0.15, 0.2) is 0 Å². The third-order valence-electron chi connectivity index (χ3n) is 5.38. The molecule has 0 bridgehead atoms. The van der Waals surface area contributed by atoms with E-state index in [1.54, 1.807) is 0 Å². The lowest BCUT2D eigenvalue weighted by atomic mass is 9.75. The first kappa shape index (κ1) is 17.2. The van der Waals surface area contributed by atoms with Gasteiger partial charge in [0, 0.05) is 25.7 Å². The quantitative estimate of drug-likeness (QED) is 0.858. The van der Waals surface area contributed by atoms with E-state index < -0.39 is 0 Å². The predicted octanol–water partition coefficient (Wildman–Crippen LogP) is 3.37. The molecule has 0 spiro atoms. The van der Waals surface area contributed by atoms with Crippen molar-refractivity contribution in [3.05, 3.63) is 0 Å². The van der Waals surface area contributed by atoms with E-state index in [1.165, 1.54) is 58.4 Å². The molecule has 2 aliphatic rings. The van der Waals surface area contributed by atoms with Crippen LogP contribution >= 0.6 is 0 Å². The molecule has 3 nitrogen and oxygen atoms in total. The number of rotatable bonds is 4. The molecule has 2 fully saturated rings. The molecule has 0 atom stereocenters. The fourth-order valence-corrected chi connectivity index (χ4v) is 3.96. The number of piperidine rings is 2. The van der Waals surface area contributed by atoms with Gasteiger partial charge in [0.05, 0.1) is 0 Å². The Morgan fingerprint density at radius 3 is 2.00 bits per heavy atom. The molecule has 0 aliphatic carbocycles. The Kier molecular flexibility index (Phi) is 6.10. The molecule has 0 saturated carbocycles. The van der Waals surface area contributed by atoms with Gasteiger partial charge in [-0.15, -0.1) is 0 Å². The first-order chi connectivity index (χ1) is 9.84. The molecule has 0 unspecified atom stereocenters. The van der Waals surface area contributed by atoms with Gasteiger partial charge in [-0.3, -0.25) is 5.43 Å². The monoisotopic (exact) mass is 295 g/mol. The summed E-state index contributed by atoms with van der Waals surface area (Å²) in [5, 5.41) is 2.42. The topological polar surface area (TPSA) is 18.5 Å². The van der Waals surface area contributed by atoms with Gasteiger partial charge in [0.1, 0.15) is 0 Å². The summed E-state index contributed by atoms with van der Waals surface area (Å²) in [5.74, 6) is 1.84. The molecule has 0 aromatic carbocycles. The maximum Gasteiger partial charge on any atom is 0.0158 e. The highest BCUT2D eigenvalue weighted by Gasteiger charge is 2.30. The van der Waals surface area contributed by atoms with E-state index in [2.05, 4.69) is 50.0 Å². The van der Waals surface area contributed by atoms with E-state index in [1.807, 2.05) is 0 Å².